The summed E-state index contributed by atoms with van der Waals surface area (Å²) in [5, 5.41) is 11.3. The smallest absolute Gasteiger partial charge is 0.306 e. The van der Waals surface area contributed by atoms with Crippen molar-refractivity contribution in [1.29, 1.82) is 0 Å². The van der Waals surface area contributed by atoms with Gasteiger partial charge in [0, 0.05) is 9.77 Å². The Hall–Kier alpha value is -1.30. The Morgan fingerprint density at radius 1 is 1.26 bits per heavy atom. The monoisotopic (exact) mass is 347 g/mol. The van der Waals surface area contributed by atoms with Gasteiger partial charge in [-0.15, -0.1) is 23.1 Å². The Balaban J connectivity index is 1.83. The van der Waals surface area contributed by atoms with Crippen LogP contribution < -0.4 is 0 Å². The molecule has 122 valence electrons. The van der Waals surface area contributed by atoms with Crippen LogP contribution in [0.1, 0.15) is 29.3 Å². The highest BCUT2D eigenvalue weighted by Crippen LogP contribution is 2.35. The molecule has 0 aliphatic carbocycles. The van der Waals surface area contributed by atoms with Crippen molar-refractivity contribution in [2.75, 3.05) is 19.3 Å². The fraction of sp³-hybridized carbons (Fsp3) is 0.389. The number of hydrogen-bond donors (Lipinski definition) is 1. The van der Waals surface area contributed by atoms with Crippen molar-refractivity contribution in [3.05, 3.63) is 52.2 Å². The lowest BCUT2D eigenvalue weighted by Crippen LogP contribution is -2.39. The number of carbonyl (C=O) groups is 1. The van der Waals surface area contributed by atoms with E-state index in [1.54, 1.807) is 23.1 Å². The molecule has 0 spiro atoms. The molecule has 1 aromatic heterocycles. The molecule has 1 fully saturated rings. The maximum atomic E-state index is 11.2. The number of carboxylic acids is 1. The second kappa shape index (κ2) is 7.51. The van der Waals surface area contributed by atoms with Crippen LogP contribution in [0.4, 0.5) is 0 Å². The highest BCUT2D eigenvalue weighted by molar-refractivity contribution is 7.98. The molecule has 3 nitrogen and oxygen atoms in total. The van der Waals surface area contributed by atoms with Crippen molar-refractivity contribution >= 4 is 29.1 Å². The molecule has 0 bridgehead atoms. The number of nitrogens with zero attached hydrogens (tertiary/aromatic N) is 1. The number of benzene rings is 1. The van der Waals surface area contributed by atoms with Gasteiger partial charge in [0.25, 0.3) is 0 Å². The minimum absolute atomic E-state index is 0.186. The van der Waals surface area contributed by atoms with Crippen molar-refractivity contribution in [2.24, 2.45) is 5.92 Å². The topological polar surface area (TPSA) is 40.5 Å². The van der Waals surface area contributed by atoms with E-state index in [-0.39, 0.29) is 12.0 Å². The number of piperidine rings is 1. The van der Waals surface area contributed by atoms with E-state index in [1.165, 1.54) is 15.3 Å². The van der Waals surface area contributed by atoms with Crippen molar-refractivity contribution in [1.82, 2.24) is 4.90 Å². The minimum Gasteiger partial charge on any atom is -0.481 e. The summed E-state index contributed by atoms with van der Waals surface area (Å²) in [7, 11) is 0. The molecule has 0 radical (unpaired) electrons. The predicted octanol–water partition coefficient (Wildman–Crippen LogP) is 4.36. The van der Waals surface area contributed by atoms with Gasteiger partial charge in [-0.2, -0.15) is 0 Å². The summed E-state index contributed by atoms with van der Waals surface area (Å²) in [6, 6.07) is 13.3. The molecule has 2 heterocycles. The normalized spacial score (nSPS) is 18.0. The summed E-state index contributed by atoms with van der Waals surface area (Å²) in [5.41, 5.74) is 1.29. The van der Waals surface area contributed by atoms with Gasteiger partial charge >= 0.3 is 5.97 Å². The fourth-order valence-electron chi connectivity index (χ4n) is 3.19. The second-order valence-corrected chi connectivity index (χ2v) is 7.70. The molecule has 0 saturated carbocycles. The van der Waals surface area contributed by atoms with Gasteiger partial charge < -0.3 is 5.11 Å². The third kappa shape index (κ3) is 3.79. The lowest BCUT2D eigenvalue weighted by molar-refractivity contribution is -0.143. The van der Waals surface area contributed by atoms with Gasteiger partial charge in [0.05, 0.1) is 12.0 Å². The Morgan fingerprint density at radius 3 is 2.48 bits per heavy atom. The maximum absolute atomic E-state index is 11.2. The van der Waals surface area contributed by atoms with Gasteiger partial charge in [0.15, 0.2) is 0 Å². The lowest BCUT2D eigenvalue weighted by Gasteiger charge is -2.36. The van der Waals surface area contributed by atoms with E-state index in [4.69, 9.17) is 0 Å². The Bertz CT molecular complexity index is 632. The molecule has 1 aliphatic rings. The van der Waals surface area contributed by atoms with E-state index in [9.17, 15) is 9.90 Å². The number of hydrogen-bond acceptors (Lipinski definition) is 4. The average Bonchev–Trinajstić information content (AvgIpc) is 3.10. The molecular weight excluding hydrogens is 326 g/mol. The van der Waals surface area contributed by atoms with Crippen LogP contribution in [0.25, 0.3) is 0 Å². The number of likely N-dealkylation sites (tertiary alicyclic amines) is 1. The third-order valence-electron chi connectivity index (χ3n) is 4.49. The fourth-order valence-corrected chi connectivity index (χ4v) is 4.49. The quantitative estimate of drug-likeness (QED) is 0.816. The van der Waals surface area contributed by atoms with Crippen LogP contribution in [-0.4, -0.2) is 35.3 Å². The van der Waals surface area contributed by atoms with Gasteiger partial charge in [0.2, 0.25) is 0 Å². The minimum atomic E-state index is -0.651. The van der Waals surface area contributed by atoms with Crippen LogP contribution in [0.3, 0.4) is 0 Å². The zero-order chi connectivity index (χ0) is 16.2. The van der Waals surface area contributed by atoms with Gasteiger partial charge in [-0.1, -0.05) is 18.2 Å². The number of thioether (sulfide) groups is 1. The van der Waals surface area contributed by atoms with E-state index >= 15 is 0 Å². The summed E-state index contributed by atoms with van der Waals surface area (Å²) in [5.74, 6) is -0.837. The number of thiophene rings is 1. The molecule has 1 aromatic carbocycles. The van der Waals surface area contributed by atoms with Crippen LogP contribution in [0.15, 0.2) is 46.7 Å². The molecule has 1 N–H and O–H groups in total. The summed E-state index contributed by atoms with van der Waals surface area (Å²) in [4.78, 5) is 16.2. The Labute approximate surface area is 145 Å². The van der Waals surface area contributed by atoms with Crippen molar-refractivity contribution < 1.29 is 9.90 Å². The van der Waals surface area contributed by atoms with Crippen LogP contribution in [-0.2, 0) is 4.79 Å². The number of carboxylic acid groups (broad SMARTS) is 1. The SMILES string of the molecule is CSc1ccc(C(c2cccs2)N2CCC(C(=O)O)CC2)cc1. The number of rotatable bonds is 5. The molecule has 1 unspecified atom stereocenters. The van der Waals surface area contributed by atoms with E-state index < -0.39 is 5.97 Å². The summed E-state index contributed by atoms with van der Waals surface area (Å²) < 4.78 is 0. The van der Waals surface area contributed by atoms with E-state index in [2.05, 4.69) is 52.9 Å². The molecule has 23 heavy (non-hydrogen) atoms. The first-order chi connectivity index (χ1) is 11.2. The van der Waals surface area contributed by atoms with Gasteiger partial charge in [-0.05, 0) is 61.3 Å². The first-order valence-corrected chi connectivity index (χ1v) is 9.93. The zero-order valence-corrected chi connectivity index (χ0v) is 14.8. The standard InChI is InChI=1S/C18H21NO2S2/c1-22-15-6-4-13(5-7-15)17(16-3-2-12-23-16)19-10-8-14(9-11-19)18(20)21/h2-7,12,14,17H,8-11H2,1H3,(H,20,21). The molecule has 5 heteroatoms. The summed E-state index contributed by atoms with van der Waals surface area (Å²) in [6.45, 7) is 1.67. The van der Waals surface area contributed by atoms with Crippen LogP contribution in [0.5, 0.6) is 0 Å². The molecular formula is C18H21NO2S2. The van der Waals surface area contributed by atoms with Crippen LogP contribution in [0, 0.1) is 5.92 Å². The van der Waals surface area contributed by atoms with Crippen molar-refractivity contribution in [2.45, 2.75) is 23.8 Å². The van der Waals surface area contributed by atoms with Gasteiger partial charge in [-0.3, -0.25) is 9.69 Å². The van der Waals surface area contributed by atoms with Gasteiger partial charge in [-0.25, -0.2) is 0 Å². The molecule has 3 rings (SSSR count). The predicted molar refractivity (Wildman–Crippen MR) is 96.3 cm³/mol. The van der Waals surface area contributed by atoms with E-state index in [0.29, 0.717) is 0 Å². The average molecular weight is 348 g/mol. The van der Waals surface area contributed by atoms with Crippen molar-refractivity contribution in [3.63, 3.8) is 0 Å². The molecule has 0 amide bonds. The van der Waals surface area contributed by atoms with Crippen LogP contribution >= 0.6 is 23.1 Å². The van der Waals surface area contributed by atoms with Crippen molar-refractivity contribution in [3.8, 4) is 0 Å². The molecule has 2 aromatic rings. The highest BCUT2D eigenvalue weighted by atomic mass is 32.2. The molecule has 1 aliphatic heterocycles. The first kappa shape index (κ1) is 16.6. The third-order valence-corrected chi connectivity index (χ3v) is 6.16. The molecule has 1 atom stereocenters. The Kier molecular flexibility index (Phi) is 5.41. The summed E-state index contributed by atoms with van der Waals surface area (Å²) >= 11 is 3.52. The second-order valence-electron chi connectivity index (χ2n) is 5.84. The number of aliphatic carboxylic acids is 1. The van der Waals surface area contributed by atoms with E-state index in [1.807, 2.05) is 0 Å². The molecule has 1 saturated heterocycles. The lowest BCUT2D eigenvalue weighted by atomic mass is 9.94. The first-order valence-electron chi connectivity index (χ1n) is 7.83. The maximum Gasteiger partial charge on any atom is 0.306 e. The largest absolute Gasteiger partial charge is 0.481 e. The van der Waals surface area contributed by atoms with E-state index in [0.717, 1.165) is 25.9 Å². The van der Waals surface area contributed by atoms with Crippen LogP contribution in [0.2, 0.25) is 0 Å². The zero-order valence-electron chi connectivity index (χ0n) is 13.1. The highest BCUT2D eigenvalue weighted by Gasteiger charge is 2.30. The Morgan fingerprint density at radius 2 is 1.96 bits per heavy atom. The van der Waals surface area contributed by atoms with Gasteiger partial charge in [0.1, 0.15) is 0 Å². The summed E-state index contributed by atoms with van der Waals surface area (Å²) in [6.07, 6.45) is 3.56.